The molecular weight excluding hydrogens is 384 g/mol. The number of carbonyl (C=O) groups excluding carboxylic acids is 1. The standard InChI is InChI=1S/C23H32N2O3S/c1-15-12-17(13-15)22(26)25(18-8-10-24(2)11-9-18)19-14-20(29-21(19)23(27)28)16-6-4-3-5-7-16/h6,14-15,17-18H,3-5,7-13H2,1-2H3,(H,27,28). The topological polar surface area (TPSA) is 60.9 Å². The zero-order valence-corrected chi connectivity index (χ0v) is 18.3. The fourth-order valence-electron chi connectivity index (χ4n) is 4.98. The number of allylic oxidation sites excluding steroid dienone is 2. The molecule has 0 spiro atoms. The summed E-state index contributed by atoms with van der Waals surface area (Å²) in [5.74, 6) is -0.140. The molecule has 1 aliphatic heterocycles. The Morgan fingerprint density at radius 3 is 2.52 bits per heavy atom. The predicted octanol–water partition coefficient (Wildman–Crippen LogP) is 4.88. The van der Waals surface area contributed by atoms with Crippen LogP contribution in [-0.2, 0) is 4.79 Å². The average molecular weight is 417 g/mol. The minimum Gasteiger partial charge on any atom is -0.477 e. The Balaban J connectivity index is 1.70. The number of hydrogen-bond donors (Lipinski definition) is 1. The number of carboxylic acid groups (broad SMARTS) is 1. The van der Waals surface area contributed by atoms with Crippen molar-refractivity contribution >= 4 is 34.5 Å². The number of amides is 1. The minimum absolute atomic E-state index is 0.0450. The molecule has 1 saturated heterocycles. The van der Waals surface area contributed by atoms with E-state index in [1.165, 1.54) is 23.3 Å². The molecule has 3 aliphatic rings. The Hall–Kier alpha value is -1.66. The number of anilines is 1. The number of carbonyl (C=O) groups is 2. The second-order valence-corrected chi connectivity index (χ2v) is 10.2. The molecule has 158 valence electrons. The summed E-state index contributed by atoms with van der Waals surface area (Å²) >= 11 is 1.35. The van der Waals surface area contributed by atoms with Crippen LogP contribution in [0, 0.1) is 11.8 Å². The van der Waals surface area contributed by atoms with Crippen LogP contribution in [0.15, 0.2) is 12.1 Å². The fraction of sp³-hybridized carbons (Fsp3) is 0.652. The van der Waals surface area contributed by atoms with E-state index in [0.29, 0.717) is 16.5 Å². The molecule has 2 heterocycles. The van der Waals surface area contributed by atoms with Crippen LogP contribution < -0.4 is 4.90 Å². The number of hydrogen-bond acceptors (Lipinski definition) is 4. The molecular formula is C23H32N2O3S. The van der Waals surface area contributed by atoms with Gasteiger partial charge in [0.1, 0.15) is 4.88 Å². The van der Waals surface area contributed by atoms with E-state index in [1.54, 1.807) is 0 Å². The average Bonchev–Trinajstić information content (AvgIpc) is 3.13. The smallest absolute Gasteiger partial charge is 0.348 e. The Kier molecular flexibility index (Phi) is 6.11. The molecule has 0 aromatic carbocycles. The van der Waals surface area contributed by atoms with Gasteiger partial charge in [-0.2, -0.15) is 0 Å². The molecule has 29 heavy (non-hydrogen) atoms. The normalized spacial score (nSPS) is 25.9. The molecule has 4 rings (SSSR count). The van der Waals surface area contributed by atoms with E-state index in [0.717, 1.165) is 62.9 Å². The van der Waals surface area contributed by atoms with Gasteiger partial charge in [0, 0.05) is 16.8 Å². The molecule has 5 nitrogen and oxygen atoms in total. The largest absolute Gasteiger partial charge is 0.477 e. The van der Waals surface area contributed by atoms with E-state index >= 15 is 0 Å². The van der Waals surface area contributed by atoms with Gasteiger partial charge in [-0.15, -0.1) is 11.3 Å². The zero-order valence-electron chi connectivity index (χ0n) is 17.5. The zero-order chi connectivity index (χ0) is 20.5. The number of aromatic carboxylic acids is 1. The summed E-state index contributed by atoms with van der Waals surface area (Å²) < 4.78 is 0. The lowest BCUT2D eigenvalue weighted by Gasteiger charge is -2.41. The molecule has 2 aliphatic carbocycles. The highest BCUT2D eigenvalue weighted by Gasteiger charge is 2.40. The predicted molar refractivity (Wildman–Crippen MR) is 118 cm³/mol. The molecule has 1 aromatic rings. The summed E-state index contributed by atoms with van der Waals surface area (Å²) in [4.78, 5) is 31.2. The maximum atomic E-state index is 13.5. The third kappa shape index (κ3) is 4.29. The summed E-state index contributed by atoms with van der Waals surface area (Å²) in [5.41, 5.74) is 1.89. The highest BCUT2D eigenvalue weighted by Crippen LogP contribution is 2.42. The van der Waals surface area contributed by atoms with Crippen molar-refractivity contribution in [2.24, 2.45) is 11.8 Å². The van der Waals surface area contributed by atoms with Crippen LogP contribution in [0.3, 0.4) is 0 Å². The van der Waals surface area contributed by atoms with Gasteiger partial charge in [0.25, 0.3) is 0 Å². The molecule has 0 radical (unpaired) electrons. The molecule has 0 unspecified atom stereocenters. The number of thiophene rings is 1. The van der Waals surface area contributed by atoms with Crippen LogP contribution in [0.5, 0.6) is 0 Å². The summed E-state index contributed by atoms with van der Waals surface area (Å²) in [6.07, 6.45) is 10.3. The van der Waals surface area contributed by atoms with Crippen LogP contribution in [0.4, 0.5) is 5.69 Å². The second-order valence-electron chi connectivity index (χ2n) is 9.12. The Morgan fingerprint density at radius 2 is 1.93 bits per heavy atom. The van der Waals surface area contributed by atoms with Crippen molar-refractivity contribution in [2.75, 3.05) is 25.0 Å². The van der Waals surface area contributed by atoms with Gasteiger partial charge < -0.3 is 14.9 Å². The van der Waals surface area contributed by atoms with Crippen LogP contribution in [-0.4, -0.2) is 48.1 Å². The van der Waals surface area contributed by atoms with Crippen LogP contribution in [0.1, 0.15) is 72.8 Å². The molecule has 6 heteroatoms. The van der Waals surface area contributed by atoms with E-state index in [2.05, 4.69) is 24.9 Å². The van der Waals surface area contributed by atoms with Gasteiger partial charge in [0.05, 0.1) is 5.69 Å². The fourth-order valence-corrected chi connectivity index (χ4v) is 6.04. The van der Waals surface area contributed by atoms with Crippen LogP contribution in [0.25, 0.3) is 5.57 Å². The maximum absolute atomic E-state index is 13.5. The number of piperidine rings is 1. The van der Waals surface area contributed by atoms with Gasteiger partial charge in [0.2, 0.25) is 5.91 Å². The van der Waals surface area contributed by atoms with Gasteiger partial charge >= 0.3 is 5.97 Å². The molecule has 1 saturated carbocycles. The van der Waals surface area contributed by atoms with Crippen molar-refractivity contribution in [1.82, 2.24) is 4.90 Å². The van der Waals surface area contributed by atoms with Crippen molar-refractivity contribution in [3.63, 3.8) is 0 Å². The first-order valence-electron chi connectivity index (χ1n) is 11.0. The van der Waals surface area contributed by atoms with Gasteiger partial charge in [-0.1, -0.05) is 13.0 Å². The van der Waals surface area contributed by atoms with Gasteiger partial charge in [-0.05, 0) is 89.1 Å². The van der Waals surface area contributed by atoms with Gasteiger partial charge in [-0.25, -0.2) is 4.79 Å². The van der Waals surface area contributed by atoms with Crippen LogP contribution >= 0.6 is 11.3 Å². The quantitative estimate of drug-likeness (QED) is 0.743. The first-order chi connectivity index (χ1) is 13.9. The highest BCUT2D eigenvalue weighted by molar-refractivity contribution is 7.15. The van der Waals surface area contributed by atoms with E-state index in [-0.39, 0.29) is 17.9 Å². The van der Waals surface area contributed by atoms with Crippen molar-refractivity contribution < 1.29 is 14.7 Å². The molecule has 0 atom stereocenters. The first-order valence-corrected chi connectivity index (χ1v) is 11.8. The van der Waals surface area contributed by atoms with Crippen molar-refractivity contribution in [3.05, 3.63) is 21.9 Å². The number of nitrogens with zero attached hydrogens (tertiary/aromatic N) is 2. The molecule has 2 fully saturated rings. The van der Waals surface area contributed by atoms with Crippen molar-refractivity contribution in [2.45, 2.75) is 64.3 Å². The monoisotopic (exact) mass is 416 g/mol. The lowest BCUT2D eigenvalue weighted by molar-refractivity contribution is -0.126. The maximum Gasteiger partial charge on any atom is 0.348 e. The Morgan fingerprint density at radius 1 is 1.21 bits per heavy atom. The first kappa shape index (κ1) is 20.6. The number of carboxylic acids is 1. The van der Waals surface area contributed by atoms with Crippen molar-refractivity contribution in [1.29, 1.82) is 0 Å². The highest BCUT2D eigenvalue weighted by atomic mass is 32.1. The molecule has 0 bridgehead atoms. The Bertz CT molecular complexity index is 801. The van der Waals surface area contributed by atoms with E-state index in [4.69, 9.17) is 0 Å². The summed E-state index contributed by atoms with van der Waals surface area (Å²) in [5, 5.41) is 9.95. The van der Waals surface area contributed by atoms with E-state index in [9.17, 15) is 14.7 Å². The summed E-state index contributed by atoms with van der Waals surface area (Å²) in [6, 6.07) is 2.10. The molecule has 1 amide bonds. The SMILES string of the molecule is CC1CC(C(=O)N(c2cc(C3=CCCCC3)sc2C(=O)O)C2CCN(C)CC2)C1. The third-order valence-electron chi connectivity index (χ3n) is 6.79. The molecule has 1 aromatic heterocycles. The van der Waals surface area contributed by atoms with Crippen LogP contribution in [0.2, 0.25) is 0 Å². The minimum atomic E-state index is -0.916. The second kappa shape index (κ2) is 8.60. The summed E-state index contributed by atoms with van der Waals surface area (Å²) in [6.45, 7) is 4.07. The van der Waals surface area contributed by atoms with Crippen molar-refractivity contribution in [3.8, 4) is 0 Å². The van der Waals surface area contributed by atoms with Gasteiger partial charge in [0.15, 0.2) is 0 Å². The lowest BCUT2D eigenvalue weighted by atomic mass is 9.75. The third-order valence-corrected chi connectivity index (χ3v) is 7.98. The molecule has 1 N–H and O–H groups in total. The Labute approximate surface area is 177 Å². The lowest BCUT2D eigenvalue weighted by Crippen LogP contribution is -2.51. The van der Waals surface area contributed by atoms with E-state index in [1.807, 2.05) is 11.0 Å². The summed E-state index contributed by atoms with van der Waals surface area (Å²) in [7, 11) is 2.11. The van der Waals surface area contributed by atoms with Gasteiger partial charge in [-0.3, -0.25) is 4.79 Å². The van der Waals surface area contributed by atoms with E-state index < -0.39 is 5.97 Å². The number of rotatable bonds is 5. The number of likely N-dealkylation sites (tertiary alicyclic amines) is 1.